The van der Waals surface area contributed by atoms with Crippen molar-refractivity contribution in [1.82, 2.24) is 0 Å². The summed E-state index contributed by atoms with van der Waals surface area (Å²) in [6.45, 7) is 1.68. The molecule has 0 heterocycles. The first-order chi connectivity index (χ1) is 6.60. The number of ketones is 1. The summed E-state index contributed by atoms with van der Waals surface area (Å²) < 4.78 is 0. The van der Waals surface area contributed by atoms with Gasteiger partial charge in [0.2, 0.25) is 0 Å². The molecule has 4 heteroatoms. The summed E-state index contributed by atoms with van der Waals surface area (Å²) in [7, 11) is 0. The van der Waals surface area contributed by atoms with Crippen molar-refractivity contribution in [2.24, 2.45) is 0 Å². The third kappa shape index (κ3) is 1.94. The second-order valence-corrected chi connectivity index (χ2v) is 3.42. The molecule has 72 valence electrons. The summed E-state index contributed by atoms with van der Waals surface area (Å²) in [6, 6.07) is 4.79. The van der Waals surface area contributed by atoms with Crippen LogP contribution in [0.25, 0.3) is 0 Å². The zero-order valence-electron chi connectivity index (χ0n) is 7.54. The van der Waals surface area contributed by atoms with E-state index in [1.807, 2.05) is 6.07 Å². The van der Waals surface area contributed by atoms with Crippen molar-refractivity contribution >= 4 is 21.7 Å². The molecule has 3 nitrogen and oxygen atoms in total. The van der Waals surface area contributed by atoms with E-state index in [0.717, 1.165) is 0 Å². The predicted molar refractivity (Wildman–Crippen MR) is 55.7 cm³/mol. The monoisotopic (exact) mass is 253 g/mol. The average Bonchev–Trinajstić information content (AvgIpc) is 2.16. The van der Waals surface area contributed by atoms with Gasteiger partial charge in [0.1, 0.15) is 11.8 Å². The van der Waals surface area contributed by atoms with Crippen LogP contribution in [0, 0.1) is 18.3 Å². The molecular weight excluding hydrogens is 246 g/mol. The maximum Gasteiger partial charge on any atom is 0.173 e. The number of alkyl halides is 1. The SMILES string of the molecule is Cc1cc(C(=O)CBr)cc(O)c1C#N. The van der Waals surface area contributed by atoms with Gasteiger partial charge in [-0.15, -0.1) is 0 Å². The highest BCUT2D eigenvalue weighted by Crippen LogP contribution is 2.22. The largest absolute Gasteiger partial charge is 0.507 e. The van der Waals surface area contributed by atoms with Gasteiger partial charge in [-0.05, 0) is 24.6 Å². The smallest absolute Gasteiger partial charge is 0.173 e. The number of carbonyl (C=O) groups is 1. The van der Waals surface area contributed by atoms with Crippen molar-refractivity contribution in [3.63, 3.8) is 0 Å². The summed E-state index contributed by atoms with van der Waals surface area (Å²) in [4.78, 5) is 11.3. The number of benzene rings is 1. The van der Waals surface area contributed by atoms with E-state index in [-0.39, 0.29) is 22.4 Å². The molecule has 1 aromatic carbocycles. The highest BCUT2D eigenvalue weighted by Gasteiger charge is 2.10. The number of Topliss-reactive ketones (excluding diaryl/α,β-unsaturated/α-hetero) is 1. The number of aromatic hydroxyl groups is 1. The first-order valence-corrected chi connectivity index (χ1v) is 5.05. The molecule has 0 fully saturated rings. The van der Waals surface area contributed by atoms with E-state index < -0.39 is 0 Å². The number of aryl methyl sites for hydroxylation is 1. The zero-order chi connectivity index (χ0) is 10.7. The third-order valence-electron chi connectivity index (χ3n) is 1.87. The van der Waals surface area contributed by atoms with Gasteiger partial charge in [-0.1, -0.05) is 15.9 Å². The lowest BCUT2D eigenvalue weighted by Gasteiger charge is -2.03. The number of nitriles is 1. The van der Waals surface area contributed by atoms with E-state index in [1.54, 1.807) is 13.0 Å². The third-order valence-corrected chi connectivity index (χ3v) is 2.38. The number of halogens is 1. The van der Waals surface area contributed by atoms with E-state index in [4.69, 9.17) is 5.26 Å². The molecule has 14 heavy (non-hydrogen) atoms. The molecule has 0 aromatic heterocycles. The Hall–Kier alpha value is -1.34. The van der Waals surface area contributed by atoms with Crippen LogP contribution in [-0.4, -0.2) is 16.2 Å². The molecule has 0 aliphatic carbocycles. The van der Waals surface area contributed by atoms with Crippen LogP contribution in [-0.2, 0) is 0 Å². The van der Waals surface area contributed by atoms with Crippen molar-refractivity contribution < 1.29 is 9.90 Å². The molecule has 0 saturated carbocycles. The molecule has 0 radical (unpaired) electrons. The van der Waals surface area contributed by atoms with Gasteiger partial charge in [0.15, 0.2) is 5.78 Å². The Bertz CT molecular complexity index is 398. The Morgan fingerprint density at radius 2 is 2.29 bits per heavy atom. The van der Waals surface area contributed by atoms with Crippen LogP contribution in [0.3, 0.4) is 0 Å². The predicted octanol–water partition coefficient (Wildman–Crippen LogP) is 2.15. The molecule has 0 saturated heterocycles. The van der Waals surface area contributed by atoms with Crippen LogP contribution in [0.15, 0.2) is 12.1 Å². The molecule has 0 amide bonds. The lowest BCUT2D eigenvalue weighted by molar-refractivity contribution is 0.102. The fourth-order valence-corrected chi connectivity index (χ4v) is 1.48. The fraction of sp³-hybridized carbons (Fsp3) is 0.200. The van der Waals surface area contributed by atoms with Crippen LogP contribution in [0.1, 0.15) is 21.5 Å². The first kappa shape index (κ1) is 10.7. The highest BCUT2D eigenvalue weighted by molar-refractivity contribution is 9.09. The number of phenolic OH excluding ortho intramolecular Hbond substituents is 1. The summed E-state index contributed by atoms with van der Waals surface area (Å²) in [6.07, 6.45) is 0. The van der Waals surface area contributed by atoms with Gasteiger partial charge < -0.3 is 5.11 Å². The van der Waals surface area contributed by atoms with Crippen molar-refractivity contribution in [2.45, 2.75) is 6.92 Å². The van der Waals surface area contributed by atoms with Crippen molar-refractivity contribution in [2.75, 3.05) is 5.33 Å². The average molecular weight is 254 g/mol. The summed E-state index contributed by atoms with van der Waals surface area (Å²) in [5.74, 6) is -0.260. The quantitative estimate of drug-likeness (QED) is 0.649. The van der Waals surface area contributed by atoms with E-state index in [1.165, 1.54) is 6.07 Å². The highest BCUT2D eigenvalue weighted by atomic mass is 79.9. The van der Waals surface area contributed by atoms with Gasteiger partial charge in [-0.25, -0.2) is 0 Å². The number of phenols is 1. The van der Waals surface area contributed by atoms with Crippen molar-refractivity contribution in [3.8, 4) is 11.8 Å². The van der Waals surface area contributed by atoms with E-state index in [9.17, 15) is 9.90 Å². The second-order valence-electron chi connectivity index (χ2n) is 2.86. The van der Waals surface area contributed by atoms with Crippen LogP contribution in [0.2, 0.25) is 0 Å². The minimum atomic E-state index is -0.142. The fourth-order valence-electron chi connectivity index (χ4n) is 1.15. The second kappa shape index (κ2) is 4.25. The van der Waals surface area contributed by atoms with E-state index >= 15 is 0 Å². The lowest BCUT2D eigenvalue weighted by Crippen LogP contribution is -2.01. The maximum atomic E-state index is 11.3. The molecule has 0 aliphatic heterocycles. The van der Waals surface area contributed by atoms with Gasteiger partial charge in [-0.3, -0.25) is 4.79 Å². The Kier molecular flexibility index (Phi) is 3.26. The number of hydrogen-bond donors (Lipinski definition) is 1. The normalized spacial score (nSPS) is 9.50. The molecule has 1 aromatic rings. The van der Waals surface area contributed by atoms with Crippen LogP contribution in [0.4, 0.5) is 0 Å². The standard InChI is InChI=1S/C10H8BrNO2/c1-6-2-7(10(14)4-11)3-9(13)8(6)5-12/h2-3,13H,4H2,1H3. The Balaban J connectivity index is 3.29. The van der Waals surface area contributed by atoms with E-state index in [0.29, 0.717) is 11.1 Å². The number of carbonyl (C=O) groups excluding carboxylic acids is 1. The van der Waals surface area contributed by atoms with Gasteiger partial charge in [-0.2, -0.15) is 5.26 Å². The van der Waals surface area contributed by atoms with E-state index in [2.05, 4.69) is 15.9 Å². The van der Waals surface area contributed by atoms with Gasteiger partial charge in [0.25, 0.3) is 0 Å². The number of rotatable bonds is 2. The molecule has 1 rings (SSSR count). The van der Waals surface area contributed by atoms with Gasteiger partial charge in [0, 0.05) is 5.56 Å². The molecule has 0 unspecified atom stereocenters. The minimum Gasteiger partial charge on any atom is -0.507 e. The Labute approximate surface area is 90.1 Å². The molecular formula is C10H8BrNO2. The van der Waals surface area contributed by atoms with Crippen LogP contribution in [0.5, 0.6) is 5.75 Å². The summed E-state index contributed by atoms with van der Waals surface area (Å²) >= 11 is 3.04. The van der Waals surface area contributed by atoms with Crippen LogP contribution < -0.4 is 0 Å². The summed E-state index contributed by atoms with van der Waals surface area (Å²) in [5.41, 5.74) is 1.24. The molecule has 0 spiro atoms. The van der Waals surface area contributed by atoms with Crippen molar-refractivity contribution in [3.05, 3.63) is 28.8 Å². The molecule has 0 bridgehead atoms. The first-order valence-electron chi connectivity index (χ1n) is 3.93. The number of nitrogens with zero attached hydrogens (tertiary/aromatic N) is 1. The van der Waals surface area contributed by atoms with Crippen LogP contribution >= 0.6 is 15.9 Å². The number of hydrogen-bond acceptors (Lipinski definition) is 3. The summed E-state index contributed by atoms with van der Waals surface area (Å²) in [5, 5.41) is 18.3. The Morgan fingerprint density at radius 3 is 2.71 bits per heavy atom. The maximum absolute atomic E-state index is 11.3. The van der Waals surface area contributed by atoms with Gasteiger partial charge >= 0.3 is 0 Å². The molecule has 0 atom stereocenters. The molecule has 0 aliphatic rings. The van der Waals surface area contributed by atoms with Crippen molar-refractivity contribution in [1.29, 1.82) is 5.26 Å². The topological polar surface area (TPSA) is 61.1 Å². The minimum absolute atomic E-state index is 0.118. The zero-order valence-corrected chi connectivity index (χ0v) is 9.13. The lowest BCUT2D eigenvalue weighted by atomic mass is 10.0. The Morgan fingerprint density at radius 1 is 1.64 bits per heavy atom. The molecule has 1 N–H and O–H groups in total. The van der Waals surface area contributed by atoms with Gasteiger partial charge in [0.05, 0.1) is 10.9 Å².